The molecule has 2 aliphatic heterocycles. The van der Waals surface area contributed by atoms with E-state index in [1.165, 1.54) is 12.0 Å². The van der Waals surface area contributed by atoms with Gasteiger partial charge in [0.2, 0.25) is 16.7 Å². The van der Waals surface area contributed by atoms with Crippen molar-refractivity contribution in [3.05, 3.63) is 16.4 Å². The molecule has 4 heterocycles. The first kappa shape index (κ1) is 21.9. The maximum Gasteiger partial charge on any atom is 0.353 e. The predicted molar refractivity (Wildman–Crippen MR) is 115 cm³/mol. The van der Waals surface area contributed by atoms with Gasteiger partial charge in [-0.05, 0) is 12.8 Å². The molecule has 4 rings (SSSR count). The van der Waals surface area contributed by atoms with Gasteiger partial charge in [0.15, 0.2) is 9.47 Å². The molecule has 2 aliphatic rings. The fraction of sp³-hybridized carbons (Fsp3) is 0.333. The van der Waals surface area contributed by atoms with E-state index in [1.807, 2.05) is 0 Å². The van der Waals surface area contributed by atoms with Crippen molar-refractivity contribution < 1.29 is 24.3 Å². The molecule has 168 valence electrons. The zero-order valence-electron chi connectivity index (χ0n) is 16.2. The quantitative estimate of drug-likeness (QED) is 0.216. The Kier molecular flexibility index (Phi) is 5.94. The second kappa shape index (κ2) is 8.67. The first-order valence-electron chi connectivity index (χ1n) is 8.88. The van der Waals surface area contributed by atoms with Crippen LogP contribution in [0.25, 0.3) is 0 Å². The number of fused-ring (bicyclic) bond motifs is 1. The lowest BCUT2D eigenvalue weighted by atomic mass is 9.86. The Balaban J connectivity index is 1.53. The number of nitrogens with zero attached hydrogens (tertiary/aromatic N) is 6. The van der Waals surface area contributed by atoms with E-state index < -0.39 is 29.9 Å². The number of β-lactam (4-membered cyclic amide) rings is 1. The maximum atomic E-state index is 12.8. The molecule has 0 aliphatic carbocycles. The van der Waals surface area contributed by atoms with Crippen LogP contribution in [0.15, 0.2) is 20.1 Å². The summed E-state index contributed by atoms with van der Waals surface area (Å²) in [6.07, 6.45) is 0.804. The maximum absolute atomic E-state index is 12.8. The molecule has 2 atom stereocenters. The van der Waals surface area contributed by atoms with Gasteiger partial charge in [-0.15, -0.1) is 10.2 Å². The third kappa shape index (κ3) is 3.96. The van der Waals surface area contributed by atoms with Crippen LogP contribution in [0.1, 0.15) is 18.7 Å². The number of nitrogens with two attached hydrogens (primary N) is 2. The highest BCUT2D eigenvalue weighted by molar-refractivity contribution is 8.04. The van der Waals surface area contributed by atoms with Crippen LogP contribution in [0, 0.1) is 0 Å². The molecule has 2 amide bonds. The van der Waals surface area contributed by atoms with Crippen molar-refractivity contribution in [2.45, 2.75) is 29.3 Å². The monoisotopic (exact) mass is 497 g/mol. The Labute approximate surface area is 191 Å². The molecule has 0 bridgehead atoms. The molecule has 0 spiro atoms. The summed E-state index contributed by atoms with van der Waals surface area (Å²) in [5.41, 5.74) is 10.7. The molecule has 2 aromatic heterocycles. The van der Waals surface area contributed by atoms with Crippen molar-refractivity contribution in [3.63, 3.8) is 0 Å². The van der Waals surface area contributed by atoms with E-state index >= 15 is 0 Å². The Morgan fingerprint density at radius 2 is 2.12 bits per heavy atom. The molecule has 14 nitrogen and oxygen atoms in total. The molecule has 2 aromatic rings. The number of carboxylic acids is 1. The van der Waals surface area contributed by atoms with Crippen LogP contribution in [-0.2, 0) is 19.2 Å². The van der Waals surface area contributed by atoms with Gasteiger partial charge in [-0.3, -0.25) is 14.5 Å². The number of rotatable bonds is 7. The fourth-order valence-electron chi connectivity index (χ4n) is 3.31. The van der Waals surface area contributed by atoms with Gasteiger partial charge < -0.3 is 26.7 Å². The standard InChI is InChI=1S/C15H15N9O5S3/c1-29-22-7(9-19-13(16)32-23-9)10(25)18-6-4-2-3-5(30-15-21-20-14(17)31-15)8(12(27)28)24(4)11(6)26/h4,6H,2-3H2,1H3,(H2,17,20)(H,18,25)(H,27,28)(H2,16,19,23)/t4-,6?/m1/s1. The number of hydrogen-bond donors (Lipinski definition) is 4. The number of carboxylic acid groups (broad SMARTS) is 1. The first-order valence-corrected chi connectivity index (χ1v) is 11.3. The number of carbonyl (C=O) groups is 3. The molecule has 0 saturated carbocycles. The van der Waals surface area contributed by atoms with Gasteiger partial charge in [0.25, 0.3) is 11.8 Å². The number of carbonyl (C=O) groups excluding carboxylic acids is 2. The average Bonchev–Trinajstić information content (AvgIpc) is 3.37. The lowest BCUT2D eigenvalue weighted by Crippen LogP contribution is -2.72. The zero-order chi connectivity index (χ0) is 23.0. The van der Waals surface area contributed by atoms with Crippen LogP contribution in [-0.4, -0.2) is 72.3 Å². The number of allylic oxidation sites excluding steroid dienone is 1. The van der Waals surface area contributed by atoms with Crippen molar-refractivity contribution >= 4 is 68.4 Å². The average molecular weight is 498 g/mol. The topological polar surface area (TPSA) is 212 Å². The number of anilines is 2. The molecule has 17 heteroatoms. The number of nitrogens with one attached hydrogen (secondary N) is 1. The molecular weight excluding hydrogens is 482 g/mol. The molecule has 0 radical (unpaired) electrons. The lowest BCUT2D eigenvalue weighted by Gasteiger charge is -2.49. The van der Waals surface area contributed by atoms with Crippen molar-refractivity contribution in [2.24, 2.45) is 5.16 Å². The highest BCUT2D eigenvalue weighted by Crippen LogP contribution is 2.43. The van der Waals surface area contributed by atoms with E-state index in [4.69, 9.17) is 11.5 Å². The number of amides is 2. The number of thioether (sulfide) groups is 1. The fourth-order valence-corrected chi connectivity index (χ4v) is 5.61. The van der Waals surface area contributed by atoms with Crippen LogP contribution >= 0.6 is 34.6 Å². The molecule has 32 heavy (non-hydrogen) atoms. The second-order valence-corrected chi connectivity index (χ2v) is 9.56. The highest BCUT2D eigenvalue weighted by Gasteiger charge is 2.54. The lowest BCUT2D eigenvalue weighted by molar-refractivity contribution is -0.155. The van der Waals surface area contributed by atoms with Crippen molar-refractivity contribution in [2.75, 3.05) is 18.6 Å². The van der Waals surface area contributed by atoms with Gasteiger partial charge in [0.05, 0.1) is 6.04 Å². The largest absolute Gasteiger partial charge is 0.477 e. The zero-order valence-corrected chi connectivity index (χ0v) is 18.7. The SMILES string of the molecule is CON=C(C(=O)NC1C(=O)N2C(C(=O)O)=C(Sc3nnc(N)s3)CC[C@H]12)c1nsc(N)n1. The van der Waals surface area contributed by atoms with Gasteiger partial charge in [-0.2, -0.15) is 9.36 Å². The third-order valence-corrected chi connectivity index (χ3v) is 7.05. The normalized spacial score (nSPS) is 20.6. The van der Waals surface area contributed by atoms with E-state index in [1.54, 1.807) is 0 Å². The summed E-state index contributed by atoms with van der Waals surface area (Å²) < 4.78 is 4.40. The number of aromatic nitrogens is 4. The summed E-state index contributed by atoms with van der Waals surface area (Å²) in [6, 6.07) is -1.46. The predicted octanol–water partition coefficient (Wildman–Crippen LogP) is -0.518. The van der Waals surface area contributed by atoms with Crippen LogP contribution < -0.4 is 16.8 Å². The van der Waals surface area contributed by atoms with Crippen LogP contribution in [0.4, 0.5) is 10.3 Å². The van der Waals surface area contributed by atoms with Crippen LogP contribution in [0.2, 0.25) is 0 Å². The van der Waals surface area contributed by atoms with Gasteiger partial charge in [0.1, 0.15) is 18.8 Å². The van der Waals surface area contributed by atoms with E-state index in [-0.39, 0.29) is 27.5 Å². The molecule has 6 N–H and O–H groups in total. The van der Waals surface area contributed by atoms with Gasteiger partial charge in [-0.1, -0.05) is 28.3 Å². The summed E-state index contributed by atoms with van der Waals surface area (Å²) in [6.45, 7) is 0. The minimum atomic E-state index is -1.25. The molecule has 1 unspecified atom stereocenters. The number of hydrogen-bond acceptors (Lipinski definition) is 14. The minimum absolute atomic E-state index is 0.0414. The Bertz CT molecular complexity index is 1160. The van der Waals surface area contributed by atoms with Gasteiger partial charge in [-0.25, -0.2) is 4.79 Å². The van der Waals surface area contributed by atoms with Crippen LogP contribution in [0.5, 0.6) is 0 Å². The third-order valence-electron chi connectivity index (χ3n) is 4.57. The molecule has 1 saturated heterocycles. The van der Waals surface area contributed by atoms with E-state index in [2.05, 4.69) is 34.9 Å². The van der Waals surface area contributed by atoms with Crippen molar-refractivity contribution in [3.8, 4) is 0 Å². The summed E-state index contributed by atoms with van der Waals surface area (Å²) in [5, 5.41) is 23.9. The van der Waals surface area contributed by atoms with E-state index in [9.17, 15) is 19.5 Å². The summed E-state index contributed by atoms with van der Waals surface area (Å²) >= 11 is 3.10. The first-order chi connectivity index (χ1) is 15.3. The molecular formula is C15H15N9O5S3. The minimum Gasteiger partial charge on any atom is -0.477 e. The summed E-state index contributed by atoms with van der Waals surface area (Å²) in [4.78, 5) is 47.7. The smallest absolute Gasteiger partial charge is 0.353 e. The summed E-state index contributed by atoms with van der Waals surface area (Å²) in [5.74, 6) is -2.59. The van der Waals surface area contributed by atoms with E-state index in [0.717, 1.165) is 34.6 Å². The van der Waals surface area contributed by atoms with Crippen molar-refractivity contribution in [1.82, 2.24) is 29.8 Å². The second-order valence-electron chi connectivity index (χ2n) is 6.43. The molecule has 1 fully saturated rings. The highest BCUT2D eigenvalue weighted by atomic mass is 32.2. The van der Waals surface area contributed by atoms with Gasteiger partial charge >= 0.3 is 5.97 Å². The number of nitrogen functional groups attached to an aromatic ring is 2. The van der Waals surface area contributed by atoms with Crippen molar-refractivity contribution in [1.29, 1.82) is 0 Å². The Morgan fingerprint density at radius 1 is 1.34 bits per heavy atom. The summed E-state index contributed by atoms with van der Waals surface area (Å²) in [7, 11) is 1.25. The van der Waals surface area contributed by atoms with E-state index in [0.29, 0.717) is 22.1 Å². The number of oxime groups is 1. The Hall–Kier alpha value is -3.31. The van der Waals surface area contributed by atoms with Crippen LogP contribution in [0.3, 0.4) is 0 Å². The Morgan fingerprint density at radius 3 is 2.72 bits per heavy atom. The van der Waals surface area contributed by atoms with Gasteiger partial charge in [0, 0.05) is 16.4 Å². The number of aliphatic carboxylic acids is 1. The molecule has 0 aromatic carbocycles.